The van der Waals surface area contributed by atoms with Crippen molar-refractivity contribution in [2.75, 3.05) is 24.7 Å². The number of ether oxygens (including phenoxy) is 4. The van der Waals surface area contributed by atoms with Crippen LogP contribution in [0.15, 0.2) is 34.1 Å². The van der Waals surface area contributed by atoms with Gasteiger partial charge in [0.15, 0.2) is 29.9 Å². The van der Waals surface area contributed by atoms with Gasteiger partial charge in [-0.25, -0.2) is 18.4 Å². The summed E-state index contributed by atoms with van der Waals surface area (Å²) in [7, 11) is 0. The van der Waals surface area contributed by atoms with Gasteiger partial charge in [-0.15, -0.1) is 0 Å². The third-order valence-electron chi connectivity index (χ3n) is 7.36. The molecule has 0 radical (unpaired) electrons. The van der Waals surface area contributed by atoms with Crippen LogP contribution in [0.4, 0.5) is 20.4 Å². The minimum Gasteiger partial charge on any atom is -0.463 e. The van der Waals surface area contributed by atoms with Crippen LogP contribution in [0.25, 0.3) is 0 Å². The average Bonchev–Trinajstić information content (AvgIpc) is 3.34. The van der Waals surface area contributed by atoms with Gasteiger partial charge in [0.25, 0.3) is 0 Å². The highest BCUT2D eigenvalue weighted by molar-refractivity contribution is 5.72. The number of esters is 2. The Labute approximate surface area is 262 Å². The number of hydrogen-bond acceptors (Lipinski definition) is 14. The summed E-state index contributed by atoms with van der Waals surface area (Å²) in [6, 6.07) is 2.64. The predicted octanol–water partition coefficient (Wildman–Crippen LogP) is 0.0224. The zero-order valence-corrected chi connectivity index (χ0v) is 26.2. The second-order valence-electron chi connectivity index (χ2n) is 11.9. The van der Waals surface area contributed by atoms with E-state index in [4.69, 9.17) is 35.5 Å². The summed E-state index contributed by atoms with van der Waals surface area (Å²) in [5, 5.41) is 18.6. The number of alkyl halides is 2. The SMILES string of the molecule is CC(C)C(=O)OCC1O[C@@H](n2ccc(N)nc2=O)[C@](C)(F)[C@@H]1OC(=O)C(C)C.C[C@@]1(F)[C@H](O)[C@@H](CO)O[C@H]1n1ccc(N)nc1=O. The number of anilines is 2. The van der Waals surface area contributed by atoms with E-state index in [1.807, 2.05) is 0 Å². The molecule has 0 spiro atoms. The first-order chi connectivity index (χ1) is 21.3. The van der Waals surface area contributed by atoms with E-state index in [1.54, 1.807) is 27.7 Å². The maximum absolute atomic E-state index is 15.7. The summed E-state index contributed by atoms with van der Waals surface area (Å²) in [5.41, 5.74) is 4.69. The van der Waals surface area contributed by atoms with Crippen LogP contribution in [0.1, 0.15) is 54.0 Å². The summed E-state index contributed by atoms with van der Waals surface area (Å²) >= 11 is 0. The van der Waals surface area contributed by atoms with Crippen molar-refractivity contribution in [2.45, 2.75) is 89.8 Å². The van der Waals surface area contributed by atoms with E-state index in [2.05, 4.69) is 9.97 Å². The molecule has 2 aliphatic heterocycles. The van der Waals surface area contributed by atoms with Crippen LogP contribution < -0.4 is 22.8 Å². The molecule has 46 heavy (non-hydrogen) atoms. The molecule has 256 valence electrons. The Kier molecular flexibility index (Phi) is 11.2. The van der Waals surface area contributed by atoms with Crippen LogP contribution >= 0.6 is 0 Å². The van der Waals surface area contributed by atoms with Gasteiger partial charge in [-0.3, -0.25) is 18.7 Å². The molecular formula is C28H40F2N6O10. The monoisotopic (exact) mass is 658 g/mol. The number of aromatic nitrogens is 4. The van der Waals surface area contributed by atoms with Crippen molar-refractivity contribution < 1.29 is 47.5 Å². The summed E-state index contributed by atoms with van der Waals surface area (Å²) in [5.74, 6) is -2.06. The van der Waals surface area contributed by atoms with Crippen molar-refractivity contribution in [3.63, 3.8) is 0 Å². The molecule has 16 nitrogen and oxygen atoms in total. The van der Waals surface area contributed by atoms with Gasteiger partial charge in [-0.2, -0.15) is 9.97 Å². The lowest BCUT2D eigenvalue weighted by atomic mass is 9.98. The largest absolute Gasteiger partial charge is 0.463 e. The Hall–Kier alpha value is -4.00. The second-order valence-corrected chi connectivity index (χ2v) is 11.9. The van der Waals surface area contributed by atoms with Gasteiger partial charge in [0.1, 0.15) is 36.6 Å². The first kappa shape index (κ1) is 36.5. The van der Waals surface area contributed by atoms with E-state index >= 15 is 4.39 Å². The van der Waals surface area contributed by atoms with Crippen LogP contribution in [0, 0.1) is 11.8 Å². The molecule has 0 aromatic carbocycles. The normalized spacial score (nSPS) is 30.6. The van der Waals surface area contributed by atoms with E-state index in [0.29, 0.717) is 0 Å². The van der Waals surface area contributed by atoms with Gasteiger partial charge in [0.05, 0.1) is 18.4 Å². The van der Waals surface area contributed by atoms with Crippen molar-refractivity contribution in [3.05, 3.63) is 45.5 Å². The van der Waals surface area contributed by atoms with E-state index in [1.165, 1.54) is 24.5 Å². The number of nitrogen functional groups attached to an aromatic ring is 2. The van der Waals surface area contributed by atoms with Crippen molar-refractivity contribution >= 4 is 23.6 Å². The Morgan fingerprint density at radius 3 is 1.78 bits per heavy atom. The number of nitrogens with two attached hydrogens (primary N) is 2. The zero-order valence-electron chi connectivity index (χ0n) is 26.2. The fourth-order valence-electron chi connectivity index (χ4n) is 4.69. The topological polar surface area (TPSA) is 233 Å². The lowest BCUT2D eigenvalue weighted by Gasteiger charge is -2.28. The molecule has 8 atom stereocenters. The maximum atomic E-state index is 15.7. The van der Waals surface area contributed by atoms with Crippen molar-refractivity contribution in [1.29, 1.82) is 0 Å². The smallest absolute Gasteiger partial charge is 0.351 e. The molecule has 2 fully saturated rings. The zero-order chi connectivity index (χ0) is 34.7. The third kappa shape index (κ3) is 7.68. The highest BCUT2D eigenvalue weighted by atomic mass is 19.1. The van der Waals surface area contributed by atoms with E-state index in [-0.39, 0.29) is 18.2 Å². The molecule has 2 aromatic heterocycles. The lowest BCUT2D eigenvalue weighted by Crippen LogP contribution is -2.46. The summed E-state index contributed by atoms with van der Waals surface area (Å²) < 4.78 is 53.2. The minimum atomic E-state index is -2.29. The van der Waals surface area contributed by atoms with Gasteiger partial charge < -0.3 is 40.6 Å². The van der Waals surface area contributed by atoms with Gasteiger partial charge in [0.2, 0.25) is 0 Å². The summed E-state index contributed by atoms with van der Waals surface area (Å²) in [6.45, 7) is 7.88. The molecule has 2 aromatic rings. The molecule has 4 heterocycles. The number of aliphatic hydroxyl groups is 2. The predicted molar refractivity (Wildman–Crippen MR) is 156 cm³/mol. The fourth-order valence-corrected chi connectivity index (χ4v) is 4.69. The number of carbonyl (C=O) groups is 2. The number of halogens is 2. The molecule has 4 rings (SSSR count). The van der Waals surface area contributed by atoms with E-state index in [9.17, 15) is 28.7 Å². The van der Waals surface area contributed by atoms with Crippen molar-refractivity contribution in [2.24, 2.45) is 11.8 Å². The highest BCUT2D eigenvalue weighted by Gasteiger charge is 2.59. The molecule has 0 aliphatic carbocycles. The molecule has 6 N–H and O–H groups in total. The minimum absolute atomic E-state index is 0.00839. The number of rotatable bonds is 8. The van der Waals surface area contributed by atoms with Crippen molar-refractivity contribution in [3.8, 4) is 0 Å². The van der Waals surface area contributed by atoms with E-state index in [0.717, 1.165) is 23.0 Å². The highest BCUT2D eigenvalue weighted by Crippen LogP contribution is 2.43. The maximum Gasteiger partial charge on any atom is 0.351 e. The molecule has 18 heteroatoms. The summed E-state index contributed by atoms with van der Waals surface area (Å²) in [6.07, 6.45) is -5.43. The number of aliphatic hydroxyl groups excluding tert-OH is 2. The molecule has 2 saturated heterocycles. The fraction of sp³-hybridized carbons (Fsp3) is 0.643. The lowest BCUT2D eigenvalue weighted by molar-refractivity contribution is -0.165. The number of nitrogens with zero attached hydrogens (tertiary/aromatic N) is 4. The average molecular weight is 659 g/mol. The van der Waals surface area contributed by atoms with Gasteiger partial charge in [0, 0.05) is 12.4 Å². The molecule has 0 bridgehead atoms. The molecule has 1 unspecified atom stereocenters. The first-order valence-electron chi connectivity index (χ1n) is 14.4. The van der Waals surface area contributed by atoms with Gasteiger partial charge >= 0.3 is 23.3 Å². The Balaban J connectivity index is 0.000000275. The van der Waals surface area contributed by atoms with Crippen LogP contribution in [0.2, 0.25) is 0 Å². The standard InChI is InChI=1S/C18H26FN3O6.C10H14FN3O4/c1-9(2)14(23)26-8-11-13(28-15(24)10(3)4)18(5,19)16(27-11)22-7-6-12(20)21-17(22)25;1-10(11)7(16)5(4-15)18-8(10)14-3-2-6(12)13-9(14)17/h6-7,9-11,13,16H,8H2,1-5H3,(H2,20,21,25);2-3,5,7-8,15-16H,4H2,1H3,(H2,12,13,17)/t11?,13-,16-,18-;5-,7-,8-,10-/m11/s1. The Bertz CT molecular complexity index is 1510. The molecule has 0 saturated carbocycles. The molecule has 2 aliphatic rings. The van der Waals surface area contributed by atoms with Crippen LogP contribution in [0.5, 0.6) is 0 Å². The molecular weight excluding hydrogens is 618 g/mol. The summed E-state index contributed by atoms with van der Waals surface area (Å²) in [4.78, 5) is 54.6. The Morgan fingerprint density at radius 2 is 1.37 bits per heavy atom. The Morgan fingerprint density at radius 1 is 0.913 bits per heavy atom. The quantitative estimate of drug-likeness (QED) is 0.274. The number of carbonyl (C=O) groups excluding carboxylic acids is 2. The first-order valence-corrected chi connectivity index (χ1v) is 14.4. The second kappa shape index (κ2) is 14.2. The van der Waals surface area contributed by atoms with Crippen LogP contribution in [-0.4, -0.2) is 90.2 Å². The third-order valence-corrected chi connectivity index (χ3v) is 7.36. The molecule has 0 amide bonds. The van der Waals surface area contributed by atoms with Gasteiger partial charge in [-0.05, 0) is 26.0 Å². The van der Waals surface area contributed by atoms with Crippen LogP contribution in [-0.2, 0) is 28.5 Å². The van der Waals surface area contributed by atoms with E-state index < -0.39 is 90.0 Å². The van der Waals surface area contributed by atoms with Crippen molar-refractivity contribution in [1.82, 2.24) is 19.1 Å². The number of hydrogen-bond donors (Lipinski definition) is 4. The van der Waals surface area contributed by atoms with Gasteiger partial charge in [-0.1, -0.05) is 27.7 Å². The van der Waals surface area contributed by atoms with Crippen LogP contribution in [0.3, 0.4) is 0 Å².